The number of nitrogens with zero attached hydrogens (tertiary/aromatic N) is 2. The van der Waals surface area contributed by atoms with Gasteiger partial charge in [0.1, 0.15) is 5.82 Å². The molecule has 0 fully saturated rings. The van der Waals surface area contributed by atoms with Crippen LogP contribution < -0.4 is 0 Å². The number of hydrogen-bond acceptors (Lipinski definition) is 1. The molecule has 0 aliphatic heterocycles. The van der Waals surface area contributed by atoms with Crippen LogP contribution in [0.1, 0.15) is 12.7 Å². The minimum absolute atomic E-state index is 0.861. The first kappa shape index (κ1) is 29.9. The molecular weight excluding hydrogens is 641 g/mol. The van der Waals surface area contributed by atoms with E-state index >= 15 is 0 Å². The Hall–Kier alpha value is -6.77. The first-order valence-corrected chi connectivity index (χ1v) is 18.5. The average molecular weight is 675 g/mol. The molecule has 248 valence electrons. The third kappa shape index (κ3) is 4.42. The fraction of sp³-hybridized carbons (Fsp3) is 0.0392. The Morgan fingerprint density at radius 1 is 0.434 bits per heavy atom. The average Bonchev–Trinajstić information content (AvgIpc) is 3.78. The molecular formula is C51H34N2. The van der Waals surface area contributed by atoms with Gasteiger partial charge in [0, 0.05) is 12.1 Å². The predicted octanol–water partition coefficient (Wildman–Crippen LogP) is 13.7. The predicted molar refractivity (Wildman–Crippen MR) is 224 cm³/mol. The van der Waals surface area contributed by atoms with E-state index in [2.05, 4.69) is 187 Å². The molecule has 0 radical (unpaired) electrons. The molecule has 0 bridgehead atoms. The number of para-hydroxylation sites is 2. The number of rotatable bonds is 5. The van der Waals surface area contributed by atoms with Gasteiger partial charge in [0.25, 0.3) is 0 Å². The molecule has 1 heterocycles. The van der Waals surface area contributed by atoms with Crippen molar-refractivity contribution in [3.63, 3.8) is 0 Å². The highest BCUT2D eigenvalue weighted by molar-refractivity contribution is 6.27. The van der Waals surface area contributed by atoms with Crippen molar-refractivity contribution in [2.75, 3.05) is 0 Å². The summed E-state index contributed by atoms with van der Waals surface area (Å²) in [5.74, 6) is 1.07. The fourth-order valence-electron chi connectivity index (χ4n) is 9.00. The monoisotopic (exact) mass is 674 g/mol. The highest BCUT2D eigenvalue weighted by atomic mass is 15.1. The van der Waals surface area contributed by atoms with Crippen LogP contribution in [0, 0.1) is 0 Å². The molecule has 1 aliphatic rings. The molecule has 9 aromatic carbocycles. The summed E-state index contributed by atoms with van der Waals surface area (Å²) in [7, 11) is 0. The molecule has 1 aromatic heterocycles. The second-order valence-corrected chi connectivity index (χ2v) is 14.1. The number of fused-ring (bicyclic) bond motifs is 6. The summed E-state index contributed by atoms with van der Waals surface area (Å²) in [6.07, 6.45) is 0.861. The molecule has 53 heavy (non-hydrogen) atoms. The third-order valence-corrected chi connectivity index (χ3v) is 11.3. The van der Waals surface area contributed by atoms with Crippen molar-refractivity contribution < 1.29 is 0 Å². The Kier molecular flexibility index (Phi) is 6.56. The van der Waals surface area contributed by atoms with Gasteiger partial charge in [0.15, 0.2) is 0 Å². The van der Waals surface area contributed by atoms with Gasteiger partial charge in [-0.05, 0) is 118 Å². The van der Waals surface area contributed by atoms with E-state index < -0.39 is 0 Å². The van der Waals surface area contributed by atoms with E-state index in [9.17, 15) is 0 Å². The van der Waals surface area contributed by atoms with E-state index in [0.717, 1.165) is 29.0 Å². The maximum atomic E-state index is 4.96. The lowest BCUT2D eigenvalue weighted by atomic mass is 9.82. The molecule has 0 amide bonds. The highest BCUT2D eigenvalue weighted by Crippen LogP contribution is 2.54. The fourth-order valence-corrected chi connectivity index (χ4v) is 9.00. The molecule has 0 saturated heterocycles. The van der Waals surface area contributed by atoms with Crippen LogP contribution in [0.4, 0.5) is 0 Å². The van der Waals surface area contributed by atoms with Crippen LogP contribution in [-0.2, 0) is 6.42 Å². The summed E-state index contributed by atoms with van der Waals surface area (Å²) in [4.78, 5) is 4.96. The molecule has 10 aromatic rings. The third-order valence-electron chi connectivity index (χ3n) is 11.3. The second kappa shape index (κ2) is 11.6. The van der Waals surface area contributed by atoms with E-state index in [1.807, 2.05) is 0 Å². The van der Waals surface area contributed by atoms with E-state index in [0.29, 0.717) is 0 Å². The van der Waals surface area contributed by atoms with Gasteiger partial charge in [-0.25, -0.2) is 4.98 Å². The Morgan fingerprint density at radius 3 is 1.94 bits per heavy atom. The molecule has 1 aliphatic carbocycles. The van der Waals surface area contributed by atoms with E-state index in [4.69, 9.17) is 4.98 Å². The first-order chi connectivity index (χ1) is 26.3. The molecule has 0 atom stereocenters. The second-order valence-electron chi connectivity index (χ2n) is 14.1. The summed E-state index contributed by atoms with van der Waals surface area (Å²) in [6.45, 7) is 2.18. The molecule has 0 saturated carbocycles. The number of aromatic nitrogens is 2. The van der Waals surface area contributed by atoms with E-state index in [-0.39, 0.29) is 0 Å². The Balaban J connectivity index is 1.21. The van der Waals surface area contributed by atoms with Gasteiger partial charge in [0.2, 0.25) is 0 Å². The van der Waals surface area contributed by atoms with Crippen LogP contribution in [-0.4, -0.2) is 9.55 Å². The Bertz CT molecular complexity index is 3080. The number of aryl methyl sites for hydroxylation is 1. The maximum absolute atomic E-state index is 4.96. The Labute approximate surface area is 308 Å². The summed E-state index contributed by atoms with van der Waals surface area (Å²) in [5, 5.41) is 7.65. The zero-order valence-electron chi connectivity index (χ0n) is 29.3. The van der Waals surface area contributed by atoms with E-state index in [1.165, 1.54) is 88.0 Å². The minimum atomic E-state index is 0.861. The quantitative estimate of drug-likeness (QED) is 0.166. The summed E-state index contributed by atoms with van der Waals surface area (Å²) in [5.41, 5.74) is 16.0. The van der Waals surface area contributed by atoms with Crippen molar-refractivity contribution in [3.8, 4) is 61.3 Å². The minimum Gasteiger partial charge on any atom is -0.296 e. The molecule has 0 N–H and O–H groups in total. The largest absolute Gasteiger partial charge is 0.296 e. The first-order valence-electron chi connectivity index (χ1n) is 18.5. The summed E-state index contributed by atoms with van der Waals surface area (Å²) >= 11 is 0. The van der Waals surface area contributed by atoms with Crippen LogP contribution in [0.15, 0.2) is 176 Å². The van der Waals surface area contributed by atoms with Gasteiger partial charge in [0.05, 0.1) is 11.0 Å². The van der Waals surface area contributed by atoms with Gasteiger partial charge >= 0.3 is 0 Å². The lowest BCUT2D eigenvalue weighted by Gasteiger charge is -2.21. The standard InChI is InChI=1S/C51H34N2/c1-2-47-52-45-21-10-11-22-46(45)53(47)36-27-23-34(24-28-36)48-40-18-8-9-19-41(40)50(44-31-35(26-29-42(44)48)32-13-4-3-5-14-32)43-30-25-33-15-12-20-38-37-16-6-7-17-39(37)51(43)49(33)38/h3-31H,2H2,1H3. The number of benzene rings is 9. The van der Waals surface area contributed by atoms with Crippen molar-refractivity contribution >= 4 is 43.4 Å². The lowest BCUT2D eigenvalue weighted by molar-refractivity contribution is 0.908. The zero-order valence-corrected chi connectivity index (χ0v) is 29.3. The molecule has 0 unspecified atom stereocenters. The van der Waals surface area contributed by atoms with Crippen molar-refractivity contribution in [1.82, 2.24) is 9.55 Å². The molecule has 11 rings (SSSR count). The summed E-state index contributed by atoms with van der Waals surface area (Å²) in [6, 6.07) is 64.8. The summed E-state index contributed by atoms with van der Waals surface area (Å²) < 4.78 is 2.30. The Morgan fingerprint density at radius 2 is 1.11 bits per heavy atom. The van der Waals surface area contributed by atoms with Crippen LogP contribution in [0.3, 0.4) is 0 Å². The van der Waals surface area contributed by atoms with Crippen molar-refractivity contribution in [2.24, 2.45) is 0 Å². The van der Waals surface area contributed by atoms with Crippen LogP contribution in [0.5, 0.6) is 0 Å². The maximum Gasteiger partial charge on any atom is 0.114 e. The van der Waals surface area contributed by atoms with Gasteiger partial charge in [-0.1, -0.05) is 153 Å². The molecule has 0 spiro atoms. The van der Waals surface area contributed by atoms with Crippen molar-refractivity contribution in [1.29, 1.82) is 0 Å². The normalized spacial score (nSPS) is 11.9. The van der Waals surface area contributed by atoms with Gasteiger partial charge < -0.3 is 0 Å². The SMILES string of the molecule is CCc1nc2ccccc2n1-c1ccc(-c2c3ccccc3c(-c3ccc4cccc5c4c3-c3ccccc3-5)c3cc(-c4ccccc4)ccc23)cc1. The van der Waals surface area contributed by atoms with E-state index in [1.54, 1.807) is 0 Å². The molecule has 2 heteroatoms. The van der Waals surface area contributed by atoms with Gasteiger partial charge in [-0.2, -0.15) is 0 Å². The van der Waals surface area contributed by atoms with Crippen molar-refractivity contribution in [3.05, 3.63) is 182 Å². The van der Waals surface area contributed by atoms with Crippen LogP contribution >= 0.6 is 0 Å². The van der Waals surface area contributed by atoms with Crippen LogP contribution in [0.25, 0.3) is 105 Å². The van der Waals surface area contributed by atoms with Gasteiger partial charge in [-0.15, -0.1) is 0 Å². The molecule has 2 nitrogen and oxygen atoms in total. The van der Waals surface area contributed by atoms with Crippen LogP contribution in [0.2, 0.25) is 0 Å². The van der Waals surface area contributed by atoms with Gasteiger partial charge in [-0.3, -0.25) is 4.57 Å². The van der Waals surface area contributed by atoms with Crippen molar-refractivity contribution in [2.45, 2.75) is 13.3 Å². The lowest BCUT2D eigenvalue weighted by Crippen LogP contribution is -2.00. The topological polar surface area (TPSA) is 17.8 Å². The highest BCUT2D eigenvalue weighted by Gasteiger charge is 2.27. The zero-order chi connectivity index (χ0) is 35.0. The smallest absolute Gasteiger partial charge is 0.114 e. The number of imidazole rings is 1. The number of hydrogen-bond donors (Lipinski definition) is 0.